The number of benzene rings is 1. The largest absolute Gasteiger partial charge is 0.392 e. The minimum atomic E-state index is -0.873. The van der Waals surface area contributed by atoms with E-state index >= 15 is 0 Å². The van der Waals surface area contributed by atoms with Crippen molar-refractivity contribution in [2.45, 2.75) is 39.5 Å². The second-order valence-electron chi connectivity index (χ2n) is 5.03. The van der Waals surface area contributed by atoms with E-state index in [-0.39, 0.29) is 10.9 Å². The molecule has 0 saturated heterocycles. The highest BCUT2D eigenvalue weighted by Crippen LogP contribution is 2.32. The van der Waals surface area contributed by atoms with Gasteiger partial charge in [0.15, 0.2) is 0 Å². The zero-order chi connectivity index (χ0) is 16.0. The van der Waals surface area contributed by atoms with Crippen molar-refractivity contribution in [3.8, 4) is 0 Å². The molecule has 1 rings (SSSR count). The van der Waals surface area contributed by atoms with Crippen LogP contribution < -0.4 is 11.1 Å². The lowest BCUT2D eigenvalue weighted by Gasteiger charge is -2.31. The van der Waals surface area contributed by atoms with Crippen LogP contribution in [0.5, 0.6) is 0 Å². The molecule has 0 aliphatic carbocycles. The van der Waals surface area contributed by atoms with Gasteiger partial charge in [-0.1, -0.05) is 38.9 Å². The number of nitrogens with one attached hydrogen (secondary N) is 1. The predicted octanol–water partition coefficient (Wildman–Crippen LogP) is 4.40. The first-order chi connectivity index (χ1) is 9.87. The van der Waals surface area contributed by atoms with Crippen molar-refractivity contribution in [1.82, 2.24) is 0 Å². The summed E-state index contributed by atoms with van der Waals surface area (Å²) in [4.78, 5) is 12.8. The third-order valence-corrected chi connectivity index (χ3v) is 4.47. The molecule has 21 heavy (non-hydrogen) atoms. The first kappa shape index (κ1) is 18.0. The Balaban J connectivity index is 3.04. The van der Waals surface area contributed by atoms with Gasteiger partial charge in [-0.25, -0.2) is 4.39 Å². The van der Waals surface area contributed by atoms with Gasteiger partial charge >= 0.3 is 0 Å². The first-order valence-electron chi connectivity index (χ1n) is 6.93. The van der Waals surface area contributed by atoms with E-state index in [1.165, 1.54) is 6.07 Å². The van der Waals surface area contributed by atoms with E-state index in [4.69, 9.17) is 18.0 Å². The molecule has 0 aliphatic heterocycles. The molecular formula is C15H20BrFN2OS. The quantitative estimate of drug-likeness (QED) is 0.695. The number of hydrogen-bond acceptors (Lipinski definition) is 2. The van der Waals surface area contributed by atoms with Crippen LogP contribution in [0.4, 0.5) is 10.1 Å². The molecule has 1 aromatic carbocycles. The number of rotatable bonds is 7. The van der Waals surface area contributed by atoms with Crippen molar-refractivity contribution in [2.75, 3.05) is 5.32 Å². The van der Waals surface area contributed by atoms with Crippen LogP contribution in [0.2, 0.25) is 0 Å². The van der Waals surface area contributed by atoms with Crippen molar-refractivity contribution in [3.05, 3.63) is 28.5 Å². The molecule has 0 aliphatic rings. The topological polar surface area (TPSA) is 55.1 Å². The van der Waals surface area contributed by atoms with Crippen LogP contribution >= 0.6 is 28.1 Å². The molecule has 0 bridgehead atoms. The maximum Gasteiger partial charge on any atom is 0.237 e. The Kier molecular flexibility index (Phi) is 6.74. The molecule has 0 aromatic heterocycles. The Morgan fingerprint density at radius 2 is 1.95 bits per heavy atom. The van der Waals surface area contributed by atoms with E-state index in [1.54, 1.807) is 12.1 Å². The molecule has 0 saturated carbocycles. The van der Waals surface area contributed by atoms with Crippen LogP contribution in [0, 0.1) is 11.2 Å². The van der Waals surface area contributed by atoms with Crippen LogP contribution in [-0.4, -0.2) is 10.9 Å². The Hall–Kier alpha value is -1.01. The Labute approximate surface area is 138 Å². The van der Waals surface area contributed by atoms with Gasteiger partial charge in [-0.2, -0.15) is 0 Å². The van der Waals surface area contributed by atoms with Gasteiger partial charge in [0.1, 0.15) is 5.82 Å². The van der Waals surface area contributed by atoms with Gasteiger partial charge < -0.3 is 11.1 Å². The average Bonchev–Trinajstić information content (AvgIpc) is 2.42. The Morgan fingerprint density at radius 1 is 1.38 bits per heavy atom. The monoisotopic (exact) mass is 374 g/mol. The number of carbonyl (C=O) groups excluding carboxylic acids is 1. The molecule has 116 valence electrons. The standard InChI is InChI=1S/C15H20BrFN2OS/c1-3-7-15(8-4-2,13(18)21)14(20)19-10-5-6-11(16)12(17)9-10/h5-6,9H,3-4,7-8H2,1-2H3,(H2,18,21)(H,19,20). The van der Waals surface area contributed by atoms with Gasteiger partial charge in [0, 0.05) is 5.69 Å². The lowest BCUT2D eigenvalue weighted by Crippen LogP contribution is -2.46. The zero-order valence-corrected chi connectivity index (χ0v) is 14.6. The third-order valence-electron chi connectivity index (χ3n) is 3.44. The normalized spacial score (nSPS) is 11.2. The van der Waals surface area contributed by atoms with E-state index in [9.17, 15) is 9.18 Å². The van der Waals surface area contributed by atoms with Gasteiger partial charge in [-0.3, -0.25) is 4.79 Å². The fraction of sp³-hybridized carbons (Fsp3) is 0.467. The van der Waals surface area contributed by atoms with Gasteiger partial charge in [0.2, 0.25) is 5.91 Å². The van der Waals surface area contributed by atoms with E-state index in [2.05, 4.69) is 21.2 Å². The predicted molar refractivity (Wildman–Crippen MR) is 91.8 cm³/mol. The molecular weight excluding hydrogens is 355 g/mol. The van der Waals surface area contributed by atoms with Crippen LogP contribution in [0.25, 0.3) is 0 Å². The van der Waals surface area contributed by atoms with Crippen LogP contribution in [-0.2, 0) is 4.79 Å². The molecule has 3 N–H and O–H groups in total. The summed E-state index contributed by atoms with van der Waals surface area (Å²) in [6, 6.07) is 4.45. The summed E-state index contributed by atoms with van der Waals surface area (Å²) in [6.07, 6.45) is 2.75. The first-order valence-corrected chi connectivity index (χ1v) is 8.14. The zero-order valence-electron chi connectivity index (χ0n) is 12.2. The minimum Gasteiger partial charge on any atom is -0.392 e. The fourth-order valence-electron chi connectivity index (χ4n) is 2.39. The van der Waals surface area contributed by atoms with E-state index in [0.717, 1.165) is 12.8 Å². The maximum absolute atomic E-state index is 13.5. The molecule has 0 heterocycles. The molecule has 6 heteroatoms. The second-order valence-corrected chi connectivity index (χ2v) is 6.32. The number of nitrogens with two attached hydrogens (primary N) is 1. The molecule has 1 aromatic rings. The lowest BCUT2D eigenvalue weighted by atomic mass is 9.78. The van der Waals surface area contributed by atoms with E-state index < -0.39 is 11.2 Å². The van der Waals surface area contributed by atoms with E-state index in [0.29, 0.717) is 23.0 Å². The molecule has 0 fully saturated rings. The summed E-state index contributed by atoms with van der Waals surface area (Å²) in [7, 11) is 0. The number of hydrogen-bond donors (Lipinski definition) is 2. The van der Waals surface area contributed by atoms with Crippen molar-refractivity contribution in [1.29, 1.82) is 0 Å². The summed E-state index contributed by atoms with van der Waals surface area (Å²) in [5, 5.41) is 2.73. The van der Waals surface area contributed by atoms with Crippen molar-refractivity contribution in [2.24, 2.45) is 11.1 Å². The van der Waals surface area contributed by atoms with Crippen LogP contribution in [0.15, 0.2) is 22.7 Å². The summed E-state index contributed by atoms with van der Waals surface area (Å²) < 4.78 is 13.9. The Bertz CT molecular complexity index is 530. The van der Waals surface area contributed by atoms with Crippen molar-refractivity contribution < 1.29 is 9.18 Å². The number of halogens is 2. The number of amides is 1. The molecule has 0 atom stereocenters. The third kappa shape index (κ3) is 4.23. The average molecular weight is 375 g/mol. The number of carbonyl (C=O) groups is 1. The second kappa shape index (κ2) is 7.84. The minimum absolute atomic E-state index is 0.196. The van der Waals surface area contributed by atoms with Gasteiger partial charge in [-0.15, -0.1) is 0 Å². The molecule has 3 nitrogen and oxygen atoms in total. The Morgan fingerprint density at radius 3 is 2.38 bits per heavy atom. The number of anilines is 1. The van der Waals surface area contributed by atoms with Crippen LogP contribution in [0.1, 0.15) is 39.5 Å². The maximum atomic E-state index is 13.5. The SMILES string of the molecule is CCCC(CCC)(C(=O)Nc1ccc(Br)c(F)c1)C(N)=S. The summed E-state index contributed by atoms with van der Waals surface area (Å²) >= 11 is 8.21. The van der Waals surface area contributed by atoms with Crippen molar-refractivity contribution in [3.63, 3.8) is 0 Å². The highest BCUT2D eigenvalue weighted by atomic mass is 79.9. The van der Waals surface area contributed by atoms with Gasteiger partial charge in [0.05, 0.1) is 14.9 Å². The summed E-state index contributed by atoms with van der Waals surface area (Å²) in [6.45, 7) is 3.96. The highest BCUT2D eigenvalue weighted by molar-refractivity contribution is 9.10. The van der Waals surface area contributed by atoms with E-state index in [1.807, 2.05) is 13.8 Å². The van der Waals surface area contributed by atoms with Crippen LogP contribution in [0.3, 0.4) is 0 Å². The van der Waals surface area contributed by atoms with Crippen molar-refractivity contribution >= 4 is 44.7 Å². The summed E-state index contributed by atoms with van der Waals surface area (Å²) in [5.74, 6) is -0.694. The lowest BCUT2D eigenvalue weighted by molar-refractivity contribution is -0.122. The van der Waals surface area contributed by atoms with Gasteiger partial charge in [0.25, 0.3) is 0 Å². The molecule has 0 spiro atoms. The fourth-order valence-corrected chi connectivity index (χ4v) is 2.93. The molecule has 0 unspecified atom stereocenters. The molecule has 0 radical (unpaired) electrons. The van der Waals surface area contributed by atoms with Gasteiger partial charge in [-0.05, 0) is 47.0 Å². The molecule has 1 amide bonds. The smallest absolute Gasteiger partial charge is 0.237 e. The number of thiocarbonyl (C=S) groups is 1. The highest BCUT2D eigenvalue weighted by Gasteiger charge is 2.39. The summed E-state index contributed by atoms with van der Waals surface area (Å²) in [5.41, 5.74) is 5.37.